The molecule has 150 valence electrons. The van der Waals surface area contributed by atoms with E-state index in [1.165, 1.54) is 0 Å². The number of nitrogens with one attached hydrogen (secondary N) is 3. The Labute approximate surface area is 174 Å². The Kier molecular flexibility index (Phi) is 12.0. The first-order valence-corrected chi connectivity index (χ1v) is 10.2. The molecule has 1 aromatic carbocycles. The third kappa shape index (κ3) is 9.70. The molecule has 0 aliphatic heterocycles. The molecule has 1 unspecified atom stereocenters. The summed E-state index contributed by atoms with van der Waals surface area (Å²) in [5.74, 6) is 0.677. The van der Waals surface area contributed by atoms with Crippen LogP contribution in [-0.2, 0) is 15.6 Å². The van der Waals surface area contributed by atoms with Gasteiger partial charge in [0.25, 0.3) is 0 Å². The zero-order valence-electron chi connectivity index (χ0n) is 15.7. The maximum Gasteiger partial charge on any atom is 0.211 e. The molecule has 0 bridgehead atoms. The van der Waals surface area contributed by atoms with Gasteiger partial charge < -0.3 is 15.7 Å². The highest BCUT2D eigenvalue weighted by Gasteiger charge is 2.22. The van der Waals surface area contributed by atoms with Crippen molar-refractivity contribution in [2.45, 2.75) is 32.8 Å². The van der Waals surface area contributed by atoms with Crippen molar-refractivity contribution < 1.29 is 13.5 Å². The van der Waals surface area contributed by atoms with Gasteiger partial charge in [-0.25, -0.2) is 18.1 Å². The normalized spacial score (nSPS) is 14.2. The molecule has 0 saturated heterocycles. The van der Waals surface area contributed by atoms with Crippen molar-refractivity contribution in [2.75, 3.05) is 31.9 Å². The van der Waals surface area contributed by atoms with Gasteiger partial charge in [0.15, 0.2) is 5.96 Å². The third-order valence-electron chi connectivity index (χ3n) is 3.63. The molecule has 0 aromatic heterocycles. The minimum Gasteiger partial charge on any atom is -0.384 e. The highest BCUT2D eigenvalue weighted by atomic mass is 127. The van der Waals surface area contributed by atoms with Crippen LogP contribution in [0, 0.1) is 0 Å². The maximum atomic E-state index is 11.4. The van der Waals surface area contributed by atoms with Crippen LogP contribution >= 0.6 is 24.0 Å². The quantitative estimate of drug-likeness (QED) is 0.169. The lowest BCUT2D eigenvalue weighted by Gasteiger charge is -2.22. The van der Waals surface area contributed by atoms with Crippen molar-refractivity contribution in [3.05, 3.63) is 35.9 Å². The van der Waals surface area contributed by atoms with Crippen LogP contribution in [0.4, 0.5) is 0 Å². The molecule has 1 atom stereocenters. The second-order valence-electron chi connectivity index (χ2n) is 5.91. The number of aliphatic hydroxyl groups is 1. The van der Waals surface area contributed by atoms with Crippen LogP contribution in [0.3, 0.4) is 0 Å². The van der Waals surface area contributed by atoms with E-state index in [2.05, 4.69) is 20.3 Å². The van der Waals surface area contributed by atoms with Gasteiger partial charge in [0.05, 0.1) is 12.3 Å². The molecule has 0 spiro atoms. The fraction of sp³-hybridized carbons (Fsp3) is 0.588. The van der Waals surface area contributed by atoms with Crippen LogP contribution in [-0.4, -0.2) is 51.4 Å². The molecule has 26 heavy (non-hydrogen) atoms. The number of guanidine groups is 1. The standard InChI is InChI=1S/C17H30N4O3S.HI/c1-4-18-16(19-12-9-13-21-25(23,24)5-2)20-14-17(3,22)15-10-7-6-8-11-15;/h6-8,10-11,21-22H,4-5,9,12-14H2,1-3H3,(H2,18,19,20);1H. The van der Waals surface area contributed by atoms with Gasteiger partial charge in [0.1, 0.15) is 5.60 Å². The van der Waals surface area contributed by atoms with Gasteiger partial charge in [-0.3, -0.25) is 0 Å². The number of aliphatic imine (C=N–C) groups is 1. The topological polar surface area (TPSA) is 103 Å². The Bertz CT molecular complexity index is 637. The molecule has 0 aliphatic carbocycles. The lowest BCUT2D eigenvalue weighted by molar-refractivity contribution is 0.0672. The molecular weight excluding hydrogens is 467 g/mol. The van der Waals surface area contributed by atoms with Crippen molar-refractivity contribution >= 4 is 40.0 Å². The van der Waals surface area contributed by atoms with Crippen LogP contribution in [0.1, 0.15) is 32.8 Å². The number of rotatable bonds is 10. The highest BCUT2D eigenvalue weighted by molar-refractivity contribution is 14.0. The molecule has 0 amide bonds. The van der Waals surface area contributed by atoms with E-state index in [-0.39, 0.29) is 36.3 Å². The number of nitrogens with zero attached hydrogens (tertiary/aromatic N) is 1. The minimum absolute atomic E-state index is 0. The van der Waals surface area contributed by atoms with E-state index in [1.807, 2.05) is 37.3 Å². The van der Waals surface area contributed by atoms with E-state index in [9.17, 15) is 13.5 Å². The number of halogens is 1. The lowest BCUT2D eigenvalue weighted by Crippen LogP contribution is -2.40. The number of hydrogen-bond donors (Lipinski definition) is 4. The molecule has 9 heteroatoms. The van der Waals surface area contributed by atoms with Crippen molar-refractivity contribution in [1.82, 2.24) is 15.4 Å². The minimum atomic E-state index is -3.15. The summed E-state index contributed by atoms with van der Waals surface area (Å²) in [6.07, 6.45) is 0.638. The van der Waals surface area contributed by atoms with E-state index in [0.29, 0.717) is 32.0 Å². The van der Waals surface area contributed by atoms with Crippen LogP contribution in [0.5, 0.6) is 0 Å². The van der Waals surface area contributed by atoms with Crippen LogP contribution < -0.4 is 15.4 Å². The average molecular weight is 498 g/mol. The molecule has 0 fully saturated rings. The zero-order valence-corrected chi connectivity index (χ0v) is 18.8. The first-order chi connectivity index (χ1) is 11.8. The molecule has 1 rings (SSSR count). The second-order valence-corrected chi connectivity index (χ2v) is 8.01. The van der Waals surface area contributed by atoms with Crippen LogP contribution in [0.15, 0.2) is 35.3 Å². The largest absolute Gasteiger partial charge is 0.384 e. The van der Waals surface area contributed by atoms with E-state index >= 15 is 0 Å². The molecular formula is C17H31IN4O3S. The summed E-state index contributed by atoms with van der Waals surface area (Å²) in [6.45, 7) is 7.17. The van der Waals surface area contributed by atoms with Crippen LogP contribution in [0.2, 0.25) is 0 Å². The van der Waals surface area contributed by atoms with Crippen molar-refractivity contribution in [3.8, 4) is 0 Å². The van der Waals surface area contributed by atoms with Crippen molar-refractivity contribution in [1.29, 1.82) is 0 Å². The number of sulfonamides is 1. The molecule has 7 nitrogen and oxygen atoms in total. The summed E-state index contributed by atoms with van der Waals surface area (Å²) in [4.78, 5) is 4.43. The molecule has 4 N–H and O–H groups in total. The Balaban J connectivity index is 0.00000625. The smallest absolute Gasteiger partial charge is 0.211 e. The number of benzene rings is 1. The van der Waals surface area contributed by atoms with E-state index in [1.54, 1.807) is 13.8 Å². The SMILES string of the molecule is CCNC(=NCC(C)(O)c1ccccc1)NCCCNS(=O)(=O)CC.I. The molecule has 0 saturated carbocycles. The summed E-state index contributed by atoms with van der Waals surface area (Å²) in [5.41, 5.74) is -0.246. The van der Waals surface area contributed by atoms with E-state index < -0.39 is 15.6 Å². The van der Waals surface area contributed by atoms with Gasteiger partial charge >= 0.3 is 0 Å². The predicted molar refractivity (Wildman–Crippen MR) is 117 cm³/mol. The lowest BCUT2D eigenvalue weighted by atomic mass is 9.96. The molecule has 0 heterocycles. The Morgan fingerprint density at radius 2 is 1.81 bits per heavy atom. The van der Waals surface area contributed by atoms with Gasteiger partial charge in [0.2, 0.25) is 10.0 Å². The molecule has 0 radical (unpaired) electrons. The summed E-state index contributed by atoms with van der Waals surface area (Å²) >= 11 is 0. The summed E-state index contributed by atoms with van der Waals surface area (Å²) in [7, 11) is -3.15. The molecule has 0 aliphatic rings. The zero-order chi connectivity index (χ0) is 18.8. The summed E-state index contributed by atoms with van der Waals surface area (Å²) < 4.78 is 25.2. The average Bonchev–Trinajstić information content (AvgIpc) is 2.60. The predicted octanol–water partition coefficient (Wildman–Crippen LogP) is 1.40. The van der Waals surface area contributed by atoms with E-state index in [4.69, 9.17) is 0 Å². The van der Waals surface area contributed by atoms with Gasteiger partial charge in [-0.2, -0.15) is 0 Å². The number of hydrogen-bond acceptors (Lipinski definition) is 4. The second kappa shape index (κ2) is 12.5. The highest BCUT2D eigenvalue weighted by Crippen LogP contribution is 2.20. The first kappa shape index (κ1) is 25.1. The van der Waals surface area contributed by atoms with Gasteiger partial charge in [-0.05, 0) is 32.8 Å². The van der Waals surface area contributed by atoms with Gasteiger partial charge in [-0.1, -0.05) is 30.3 Å². The Hall–Kier alpha value is -0.910. The fourth-order valence-corrected chi connectivity index (χ4v) is 2.75. The maximum absolute atomic E-state index is 11.4. The third-order valence-corrected chi connectivity index (χ3v) is 5.04. The van der Waals surface area contributed by atoms with Crippen LogP contribution in [0.25, 0.3) is 0 Å². The first-order valence-electron chi connectivity index (χ1n) is 8.58. The summed E-state index contributed by atoms with van der Waals surface area (Å²) in [5, 5.41) is 16.8. The fourth-order valence-electron chi connectivity index (χ4n) is 2.09. The van der Waals surface area contributed by atoms with Crippen molar-refractivity contribution in [2.24, 2.45) is 4.99 Å². The monoisotopic (exact) mass is 498 g/mol. The summed E-state index contributed by atoms with van der Waals surface area (Å²) in [6, 6.07) is 9.41. The van der Waals surface area contributed by atoms with E-state index in [0.717, 1.165) is 5.56 Å². The van der Waals surface area contributed by atoms with Gasteiger partial charge in [0, 0.05) is 19.6 Å². The van der Waals surface area contributed by atoms with Gasteiger partial charge in [-0.15, -0.1) is 24.0 Å². The van der Waals surface area contributed by atoms with Crippen molar-refractivity contribution in [3.63, 3.8) is 0 Å². The Morgan fingerprint density at radius 3 is 2.38 bits per heavy atom. The molecule has 1 aromatic rings. The Morgan fingerprint density at radius 1 is 1.15 bits per heavy atom.